The van der Waals surface area contributed by atoms with Crippen LogP contribution in [0.25, 0.3) is 0 Å². The maximum Gasteiger partial charge on any atom is 0.228 e. The number of nitrogens with one attached hydrogen (secondary N) is 1. The zero-order valence-electron chi connectivity index (χ0n) is 11.2. The molecular formula is C16H11Cl2NO2. The van der Waals surface area contributed by atoms with Crippen molar-refractivity contribution in [2.75, 3.05) is 5.32 Å². The number of anilines is 1. The molecule has 106 valence electrons. The zero-order valence-corrected chi connectivity index (χ0v) is 12.7. The van der Waals surface area contributed by atoms with Crippen LogP contribution in [-0.2, 0) is 11.2 Å². The number of fused-ring (bicyclic) bond motifs is 1. The summed E-state index contributed by atoms with van der Waals surface area (Å²) in [6.45, 7) is 1.84. The fourth-order valence-electron chi connectivity index (χ4n) is 2.36. The standard InChI is InChI=1S/C16H11Cl2NO2/c1-8-4-9(2-3-12(8)17)16(21)11-5-10-6-15(20)19-14(10)7-13(11)18/h2-5,7H,6H2,1H3,(H,19,20). The molecule has 0 radical (unpaired) electrons. The van der Waals surface area contributed by atoms with E-state index < -0.39 is 0 Å². The fraction of sp³-hybridized carbons (Fsp3) is 0.125. The first-order valence-electron chi connectivity index (χ1n) is 6.39. The summed E-state index contributed by atoms with van der Waals surface area (Å²) in [7, 11) is 0. The molecule has 1 heterocycles. The summed E-state index contributed by atoms with van der Waals surface area (Å²) >= 11 is 12.1. The van der Waals surface area contributed by atoms with Gasteiger partial charge in [-0.1, -0.05) is 23.2 Å². The summed E-state index contributed by atoms with van der Waals surface area (Å²) < 4.78 is 0. The van der Waals surface area contributed by atoms with Crippen LogP contribution in [0.15, 0.2) is 30.3 Å². The summed E-state index contributed by atoms with van der Waals surface area (Å²) in [5.74, 6) is -0.269. The van der Waals surface area contributed by atoms with Crippen molar-refractivity contribution in [3.63, 3.8) is 0 Å². The molecule has 0 fully saturated rings. The summed E-state index contributed by atoms with van der Waals surface area (Å²) in [6.07, 6.45) is 0.270. The second kappa shape index (κ2) is 5.17. The predicted octanol–water partition coefficient (Wildman–Crippen LogP) is 4.03. The number of aryl methyl sites for hydroxylation is 1. The first kappa shape index (κ1) is 14.1. The maximum absolute atomic E-state index is 12.6. The molecule has 2 aromatic carbocycles. The lowest BCUT2D eigenvalue weighted by Gasteiger charge is -2.08. The Bertz CT molecular complexity index is 784. The molecule has 1 aliphatic heterocycles. The highest BCUT2D eigenvalue weighted by molar-refractivity contribution is 6.35. The van der Waals surface area contributed by atoms with Crippen molar-refractivity contribution in [3.8, 4) is 0 Å². The predicted molar refractivity (Wildman–Crippen MR) is 83.4 cm³/mol. The monoisotopic (exact) mass is 319 g/mol. The Labute approximate surface area is 131 Å². The largest absolute Gasteiger partial charge is 0.325 e. The smallest absolute Gasteiger partial charge is 0.228 e. The molecule has 1 amide bonds. The van der Waals surface area contributed by atoms with Crippen LogP contribution in [0.1, 0.15) is 27.0 Å². The van der Waals surface area contributed by atoms with Gasteiger partial charge in [-0.15, -0.1) is 0 Å². The lowest BCUT2D eigenvalue weighted by molar-refractivity contribution is -0.115. The van der Waals surface area contributed by atoms with Gasteiger partial charge in [0.25, 0.3) is 0 Å². The van der Waals surface area contributed by atoms with Gasteiger partial charge in [-0.05, 0) is 48.4 Å². The number of carbonyl (C=O) groups excluding carboxylic acids is 2. The highest BCUT2D eigenvalue weighted by Crippen LogP contribution is 2.31. The Morgan fingerprint density at radius 3 is 2.62 bits per heavy atom. The number of hydrogen-bond donors (Lipinski definition) is 1. The van der Waals surface area contributed by atoms with Crippen molar-refractivity contribution in [2.45, 2.75) is 13.3 Å². The summed E-state index contributed by atoms with van der Waals surface area (Å²) in [4.78, 5) is 24.0. The first-order valence-corrected chi connectivity index (χ1v) is 7.14. The third-order valence-electron chi connectivity index (χ3n) is 3.48. The molecule has 0 aromatic heterocycles. The zero-order chi connectivity index (χ0) is 15.1. The number of rotatable bonds is 2. The maximum atomic E-state index is 12.6. The van der Waals surface area contributed by atoms with E-state index in [2.05, 4.69) is 5.32 Å². The molecule has 0 bridgehead atoms. The second-order valence-corrected chi connectivity index (χ2v) is 5.82. The van der Waals surface area contributed by atoms with E-state index in [-0.39, 0.29) is 18.1 Å². The van der Waals surface area contributed by atoms with Crippen molar-refractivity contribution >= 4 is 40.6 Å². The van der Waals surface area contributed by atoms with Gasteiger partial charge in [0.1, 0.15) is 0 Å². The average molecular weight is 320 g/mol. The molecule has 2 aromatic rings. The van der Waals surface area contributed by atoms with E-state index in [9.17, 15) is 9.59 Å². The third kappa shape index (κ3) is 2.55. The minimum Gasteiger partial charge on any atom is -0.325 e. The number of amides is 1. The number of hydrogen-bond acceptors (Lipinski definition) is 2. The van der Waals surface area contributed by atoms with Gasteiger partial charge in [0.05, 0.1) is 11.4 Å². The van der Waals surface area contributed by atoms with Crippen LogP contribution in [0.3, 0.4) is 0 Å². The van der Waals surface area contributed by atoms with Crippen molar-refractivity contribution in [1.82, 2.24) is 0 Å². The molecule has 0 unspecified atom stereocenters. The molecule has 1 N–H and O–H groups in total. The molecule has 0 saturated carbocycles. The topological polar surface area (TPSA) is 46.2 Å². The SMILES string of the molecule is Cc1cc(C(=O)c2cc3c(cc2Cl)NC(=O)C3)ccc1Cl. The summed E-state index contributed by atoms with van der Waals surface area (Å²) in [5.41, 5.74) is 3.22. The summed E-state index contributed by atoms with van der Waals surface area (Å²) in [6, 6.07) is 8.40. The summed E-state index contributed by atoms with van der Waals surface area (Å²) in [5, 5.41) is 3.65. The Balaban J connectivity index is 2.04. The van der Waals surface area contributed by atoms with Crippen molar-refractivity contribution < 1.29 is 9.59 Å². The molecule has 5 heteroatoms. The van der Waals surface area contributed by atoms with E-state index in [1.807, 2.05) is 6.92 Å². The minimum absolute atomic E-state index is 0.0898. The van der Waals surface area contributed by atoms with Gasteiger partial charge in [-0.3, -0.25) is 9.59 Å². The Hall–Kier alpha value is -1.84. The lowest BCUT2D eigenvalue weighted by Crippen LogP contribution is -2.03. The molecule has 3 nitrogen and oxygen atoms in total. The van der Waals surface area contributed by atoms with Gasteiger partial charge < -0.3 is 5.32 Å². The molecule has 3 rings (SSSR count). The Morgan fingerprint density at radius 2 is 1.90 bits per heavy atom. The number of carbonyl (C=O) groups is 2. The number of ketones is 1. The van der Waals surface area contributed by atoms with Crippen LogP contribution in [0, 0.1) is 6.92 Å². The molecule has 21 heavy (non-hydrogen) atoms. The molecule has 0 aliphatic carbocycles. The normalized spacial score (nSPS) is 13.0. The quantitative estimate of drug-likeness (QED) is 0.849. The van der Waals surface area contributed by atoms with Crippen molar-refractivity contribution in [2.24, 2.45) is 0 Å². The van der Waals surface area contributed by atoms with Gasteiger partial charge in [-0.2, -0.15) is 0 Å². The highest BCUT2D eigenvalue weighted by atomic mass is 35.5. The fourth-order valence-corrected chi connectivity index (χ4v) is 2.73. The minimum atomic E-state index is -0.179. The van der Waals surface area contributed by atoms with Crippen molar-refractivity contribution in [3.05, 3.63) is 62.6 Å². The molecule has 0 spiro atoms. The Kier molecular flexibility index (Phi) is 3.47. The number of benzene rings is 2. The highest BCUT2D eigenvalue weighted by Gasteiger charge is 2.22. The van der Waals surface area contributed by atoms with Crippen LogP contribution in [0.5, 0.6) is 0 Å². The van der Waals surface area contributed by atoms with Gasteiger partial charge in [0.2, 0.25) is 5.91 Å². The van der Waals surface area contributed by atoms with E-state index in [4.69, 9.17) is 23.2 Å². The number of halogens is 2. The van der Waals surface area contributed by atoms with Crippen LogP contribution in [0.2, 0.25) is 10.0 Å². The Morgan fingerprint density at radius 1 is 1.14 bits per heavy atom. The molecular weight excluding hydrogens is 309 g/mol. The first-order chi connectivity index (χ1) is 9.95. The molecule has 0 saturated heterocycles. The van der Waals surface area contributed by atoms with Gasteiger partial charge in [0.15, 0.2) is 5.78 Å². The lowest BCUT2D eigenvalue weighted by atomic mass is 9.99. The van der Waals surface area contributed by atoms with E-state index in [0.29, 0.717) is 26.9 Å². The van der Waals surface area contributed by atoms with Crippen LogP contribution >= 0.6 is 23.2 Å². The van der Waals surface area contributed by atoms with Crippen molar-refractivity contribution in [1.29, 1.82) is 0 Å². The van der Waals surface area contributed by atoms with Gasteiger partial charge >= 0.3 is 0 Å². The van der Waals surface area contributed by atoms with Crippen LogP contribution in [0.4, 0.5) is 5.69 Å². The van der Waals surface area contributed by atoms with E-state index >= 15 is 0 Å². The van der Waals surface area contributed by atoms with E-state index in [1.54, 1.807) is 30.3 Å². The van der Waals surface area contributed by atoms with Crippen LogP contribution in [-0.4, -0.2) is 11.7 Å². The molecule has 1 aliphatic rings. The van der Waals surface area contributed by atoms with E-state index in [1.165, 1.54) is 0 Å². The van der Waals surface area contributed by atoms with Gasteiger partial charge in [-0.25, -0.2) is 0 Å². The van der Waals surface area contributed by atoms with Crippen LogP contribution < -0.4 is 5.32 Å². The van der Waals surface area contributed by atoms with Gasteiger partial charge in [0, 0.05) is 21.8 Å². The molecule has 0 atom stereocenters. The third-order valence-corrected chi connectivity index (χ3v) is 4.22. The van der Waals surface area contributed by atoms with E-state index in [0.717, 1.165) is 11.1 Å². The second-order valence-electron chi connectivity index (χ2n) is 5.01. The average Bonchev–Trinajstić information content (AvgIpc) is 2.79.